The van der Waals surface area contributed by atoms with Crippen LogP contribution in [0, 0.1) is 0 Å². The van der Waals surface area contributed by atoms with Crippen molar-refractivity contribution in [3.63, 3.8) is 0 Å². The summed E-state index contributed by atoms with van der Waals surface area (Å²) in [4.78, 5) is 21.5. The highest BCUT2D eigenvalue weighted by Gasteiger charge is 2.38. The van der Waals surface area contributed by atoms with Crippen LogP contribution in [0.5, 0.6) is 11.5 Å². The number of nitrogens with zero attached hydrogens (tertiary/aromatic N) is 3. The van der Waals surface area contributed by atoms with Gasteiger partial charge in [-0.15, -0.1) is 0 Å². The van der Waals surface area contributed by atoms with Crippen molar-refractivity contribution in [2.75, 3.05) is 18.1 Å². The number of aromatic nitrogens is 3. The van der Waals surface area contributed by atoms with E-state index in [2.05, 4.69) is 20.3 Å². The topological polar surface area (TPSA) is 123 Å². The third kappa shape index (κ3) is 7.28. The Morgan fingerprint density at radius 2 is 1.44 bits per heavy atom. The number of rotatable bonds is 5. The number of hydrogen-bond donors (Lipinski definition) is 3. The van der Waals surface area contributed by atoms with E-state index in [1.165, 1.54) is 18.2 Å². The van der Waals surface area contributed by atoms with Crippen LogP contribution in [0.2, 0.25) is 0 Å². The van der Waals surface area contributed by atoms with Crippen LogP contribution in [0.4, 0.5) is 38.1 Å². The number of hydrogen-bond acceptors (Lipinski definition) is 7. The normalized spacial score (nSPS) is 11.4. The second kappa shape index (κ2) is 12.2. The number of alkyl halides is 6. The number of fused-ring (bicyclic) bond motifs is 1. The first-order valence-electron chi connectivity index (χ1n) is 12.2. The first kappa shape index (κ1) is 30.6. The predicted molar refractivity (Wildman–Crippen MR) is 147 cm³/mol. The molecule has 3 aromatic carbocycles. The van der Waals surface area contributed by atoms with Crippen molar-refractivity contribution in [1.82, 2.24) is 15.0 Å². The van der Waals surface area contributed by atoms with E-state index in [1.807, 2.05) is 42.5 Å². The van der Waals surface area contributed by atoms with Crippen LogP contribution >= 0.6 is 0 Å². The Hall–Kier alpha value is -5.40. The molecule has 0 spiro atoms. The number of aliphatic carboxylic acids is 1. The van der Waals surface area contributed by atoms with Gasteiger partial charge in [-0.05, 0) is 47.5 Å². The molecule has 2 aromatic heterocycles. The Morgan fingerprint density at radius 3 is 2.02 bits per heavy atom. The number of carboxylic acid groups (broad SMARTS) is 1. The Morgan fingerprint density at radius 1 is 0.814 bits per heavy atom. The fourth-order valence-corrected chi connectivity index (χ4v) is 3.95. The molecule has 2 heterocycles. The molecule has 0 bridgehead atoms. The zero-order valence-electron chi connectivity index (χ0n) is 22.0. The molecule has 0 saturated carbocycles. The van der Waals surface area contributed by atoms with Crippen LogP contribution in [0.15, 0.2) is 84.9 Å². The Bertz CT molecular complexity index is 1750. The van der Waals surface area contributed by atoms with Crippen LogP contribution < -0.4 is 15.8 Å². The van der Waals surface area contributed by atoms with Gasteiger partial charge in [0.2, 0.25) is 5.95 Å². The monoisotopic (exact) mass is 601 g/mol. The molecule has 14 heteroatoms. The van der Waals surface area contributed by atoms with E-state index >= 15 is 0 Å². The SMILES string of the molecule is CNc1nc(N)nc2nc(-c3c(Oc4ccc(-c5ccccc5)cc4)cccc3C(F)(F)F)ccc12.O=C(O)C(F)(F)F. The first-order valence-corrected chi connectivity index (χ1v) is 12.2. The molecule has 8 nitrogen and oxygen atoms in total. The molecule has 0 amide bonds. The van der Waals surface area contributed by atoms with Gasteiger partial charge in [0.15, 0.2) is 5.65 Å². The van der Waals surface area contributed by atoms with Crippen molar-refractivity contribution in [2.24, 2.45) is 0 Å². The number of pyridine rings is 1. The lowest BCUT2D eigenvalue weighted by molar-refractivity contribution is -0.192. The first-order chi connectivity index (χ1) is 20.3. The average Bonchev–Trinajstić information content (AvgIpc) is 2.96. The number of halogens is 6. The summed E-state index contributed by atoms with van der Waals surface area (Å²) in [7, 11) is 1.66. The lowest BCUT2D eigenvalue weighted by Crippen LogP contribution is -2.21. The fraction of sp³-hybridized carbons (Fsp3) is 0.103. The van der Waals surface area contributed by atoms with Crippen molar-refractivity contribution in [2.45, 2.75) is 12.4 Å². The van der Waals surface area contributed by atoms with Gasteiger partial charge in [0, 0.05) is 7.05 Å². The second-order valence-electron chi connectivity index (χ2n) is 8.72. The van der Waals surface area contributed by atoms with Crippen LogP contribution in [-0.4, -0.2) is 39.3 Å². The summed E-state index contributed by atoms with van der Waals surface area (Å²) in [5, 5.41) is 10.5. The summed E-state index contributed by atoms with van der Waals surface area (Å²) in [5.41, 5.74) is 6.90. The van der Waals surface area contributed by atoms with Crippen molar-refractivity contribution in [1.29, 1.82) is 0 Å². The van der Waals surface area contributed by atoms with E-state index in [4.69, 9.17) is 20.4 Å². The number of ether oxygens (including phenoxy) is 1. The van der Waals surface area contributed by atoms with E-state index in [9.17, 15) is 26.3 Å². The average molecular weight is 602 g/mol. The highest BCUT2D eigenvalue weighted by Crippen LogP contribution is 2.43. The van der Waals surface area contributed by atoms with Gasteiger partial charge in [-0.2, -0.15) is 36.3 Å². The largest absolute Gasteiger partial charge is 0.490 e. The summed E-state index contributed by atoms with van der Waals surface area (Å²) >= 11 is 0. The van der Waals surface area contributed by atoms with Gasteiger partial charge in [0.1, 0.15) is 17.3 Å². The maximum absolute atomic E-state index is 14.1. The molecule has 0 radical (unpaired) electrons. The van der Waals surface area contributed by atoms with Crippen LogP contribution in [-0.2, 0) is 11.0 Å². The quantitative estimate of drug-likeness (QED) is 0.178. The van der Waals surface area contributed by atoms with Gasteiger partial charge < -0.3 is 20.9 Å². The van der Waals surface area contributed by atoms with Gasteiger partial charge >= 0.3 is 18.3 Å². The standard InChI is InChI=1S/C27H20F3N5O.C2HF3O2/c1-32-24-19-14-15-21(33-25(19)35-26(31)34-24)23-20(27(28,29)30)8-5-9-22(23)36-18-12-10-17(11-13-18)16-6-3-2-4-7-16;3-2(4,5)1(6)7/h2-15H,1H3,(H3,31,32,33,34,35);(H,6,7). The highest BCUT2D eigenvalue weighted by atomic mass is 19.4. The van der Waals surface area contributed by atoms with E-state index in [-0.39, 0.29) is 28.6 Å². The predicted octanol–water partition coefficient (Wildman–Crippen LogP) is 7.43. The summed E-state index contributed by atoms with van der Waals surface area (Å²) in [6.45, 7) is 0. The molecule has 0 aliphatic heterocycles. The molecular formula is C29H21F6N5O3. The maximum atomic E-state index is 14.1. The molecule has 0 saturated heterocycles. The van der Waals surface area contributed by atoms with Crippen molar-refractivity contribution in [3.05, 3.63) is 90.5 Å². The fourth-order valence-electron chi connectivity index (χ4n) is 3.95. The van der Waals surface area contributed by atoms with E-state index in [1.54, 1.807) is 25.2 Å². The van der Waals surface area contributed by atoms with E-state index in [0.717, 1.165) is 17.2 Å². The molecule has 4 N–H and O–H groups in total. The Labute approximate surface area is 239 Å². The molecule has 0 fully saturated rings. The minimum absolute atomic E-state index is 0.0139. The van der Waals surface area contributed by atoms with Crippen LogP contribution in [0.25, 0.3) is 33.4 Å². The van der Waals surface area contributed by atoms with Gasteiger partial charge in [-0.3, -0.25) is 0 Å². The maximum Gasteiger partial charge on any atom is 0.490 e. The zero-order chi connectivity index (χ0) is 31.4. The number of nitrogens with one attached hydrogen (secondary N) is 1. The third-order valence-electron chi connectivity index (χ3n) is 5.83. The summed E-state index contributed by atoms with van der Waals surface area (Å²) < 4.78 is 79.9. The summed E-state index contributed by atoms with van der Waals surface area (Å²) in [6.07, 6.45) is -9.72. The van der Waals surface area contributed by atoms with Gasteiger partial charge in [-0.1, -0.05) is 48.5 Å². The molecule has 5 aromatic rings. The molecule has 0 atom stereocenters. The molecule has 5 rings (SSSR count). The van der Waals surface area contributed by atoms with Gasteiger partial charge in [0.05, 0.1) is 22.2 Å². The molecule has 0 unspecified atom stereocenters. The summed E-state index contributed by atoms with van der Waals surface area (Å²) in [5.74, 6) is -1.97. The zero-order valence-corrected chi connectivity index (χ0v) is 22.0. The lowest BCUT2D eigenvalue weighted by atomic mass is 10.0. The van der Waals surface area contributed by atoms with E-state index in [0.29, 0.717) is 17.0 Å². The number of benzene rings is 3. The van der Waals surface area contributed by atoms with Crippen molar-refractivity contribution >= 4 is 28.8 Å². The van der Waals surface area contributed by atoms with Gasteiger partial charge in [0.25, 0.3) is 0 Å². The van der Waals surface area contributed by atoms with Crippen molar-refractivity contribution in [3.8, 4) is 33.9 Å². The number of anilines is 2. The van der Waals surface area contributed by atoms with Gasteiger partial charge in [-0.25, -0.2) is 9.78 Å². The second-order valence-corrected chi connectivity index (χ2v) is 8.72. The highest BCUT2D eigenvalue weighted by molar-refractivity contribution is 5.89. The molecule has 0 aliphatic carbocycles. The number of carboxylic acids is 1. The number of carbonyl (C=O) groups is 1. The molecule has 222 valence electrons. The van der Waals surface area contributed by atoms with Crippen LogP contribution in [0.1, 0.15) is 5.56 Å². The smallest absolute Gasteiger partial charge is 0.475 e. The van der Waals surface area contributed by atoms with E-state index < -0.39 is 23.9 Å². The van der Waals surface area contributed by atoms with Crippen LogP contribution in [0.3, 0.4) is 0 Å². The third-order valence-corrected chi connectivity index (χ3v) is 5.83. The minimum atomic E-state index is -5.08. The minimum Gasteiger partial charge on any atom is -0.475 e. The number of nitrogens with two attached hydrogens (primary N) is 1. The molecule has 43 heavy (non-hydrogen) atoms. The Balaban J connectivity index is 0.000000541. The van der Waals surface area contributed by atoms with Crippen molar-refractivity contribution < 1.29 is 41.0 Å². The lowest BCUT2D eigenvalue weighted by Gasteiger charge is -2.17. The Kier molecular flexibility index (Phi) is 8.69. The number of nitrogen functional groups attached to an aromatic ring is 1. The molecule has 0 aliphatic rings. The molecular weight excluding hydrogens is 580 g/mol. The summed E-state index contributed by atoms with van der Waals surface area (Å²) in [6, 6.07) is 23.8.